The SMILES string of the molecule is CC/C=C\C/C=C\C/C=C\C/C=C\C/C=C\CCCCCCCCCCCCCCCCCCCCCCCCCC(=O)NC(COC1OC(CO)C(O)C(O)C1O)C(O)CCCCCCCCCCCCCCCCCCCCCCCCCCCCCC. The molecule has 0 bridgehead atoms. The van der Waals surface area contributed by atoms with E-state index in [1.165, 1.54) is 295 Å². The van der Waals surface area contributed by atoms with Crippen LogP contribution in [0.4, 0.5) is 0 Å². The first kappa shape index (κ1) is 85.9. The zero-order chi connectivity index (χ0) is 64.9. The van der Waals surface area contributed by atoms with Gasteiger partial charge in [0.1, 0.15) is 24.4 Å². The molecule has 1 saturated heterocycles. The van der Waals surface area contributed by atoms with E-state index in [2.05, 4.69) is 79.9 Å². The first-order chi connectivity index (χ1) is 44.3. The van der Waals surface area contributed by atoms with Crippen LogP contribution in [-0.4, -0.2) is 87.5 Å². The Hall–Kier alpha value is -2.11. The summed E-state index contributed by atoms with van der Waals surface area (Å²) in [6.07, 6.45) is 90.4. The van der Waals surface area contributed by atoms with Gasteiger partial charge in [-0.15, -0.1) is 0 Å². The summed E-state index contributed by atoms with van der Waals surface area (Å²) >= 11 is 0. The minimum Gasteiger partial charge on any atom is -0.394 e. The molecule has 1 rings (SSSR count). The Morgan fingerprint density at radius 2 is 0.689 bits per heavy atom. The highest BCUT2D eigenvalue weighted by Gasteiger charge is 2.44. The van der Waals surface area contributed by atoms with Gasteiger partial charge in [-0.1, -0.05) is 389 Å². The lowest BCUT2D eigenvalue weighted by Gasteiger charge is -2.40. The molecular weight excluding hydrogens is 1110 g/mol. The number of aliphatic hydroxyl groups excluding tert-OH is 5. The molecule has 90 heavy (non-hydrogen) atoms. The molecule has 1 heterocycles. The van der Waals surface area contributed by atoms with Crippen LogP contribution in [0.5, 0.6) is 0 Å². The van der Waals surface area contributed by atoms with E-state index in [4.69, 9.17) is 9.47 Å². The van der Waals surface area contributed by atoms with Crippen LogP contribution in [-0.2, 0) is 14.3 Å². The van der Waals surface area contributed by atoms with Gasteiger partial charge in [-0.25, -0.2) is 0 Å². The van der Waals surface area contributed by atoms with Crippen molar-refractivity contribution in [2.75, 3.05) is 13.2 Å². The minimum atomic E-state index is -1.55. The summed E-state index contributed by atoms with van der Waals surface area (Å²) in [5, 5.41) is 55.1. The molecular formula is C81H151NO8. The normalized spacial score (nSPS) is 18.1. The Kier molecular flexibility index (Phi) is 66.5. The summed E-state index contributed by atoms with van der Waals surface area (Å²) in [6, 6.07) is -0.720. The van der Waals surface area contributed by atoms with E-state index >= 15 is 0 Å². The molecule has 528 valence electrons. The van der Waals surface area contributed by atoms with Gasteiger partial charge in [0.15, 0.2) is 6.29 Å². The quantitative estimate of drug-likeness (QED) is 0.0261. The van der Waals surface area contributed by atoms with Crippen molar-refractivity contribution >= 4 is 5.91 Å². The van der Waals surface area contributed by atoms with E-state index in [0.29, 0.717) is 12.8 Å². The predicted octanol–water partition coefficient (Wildman–Crippen LogP) is 22.5. The summed E-state index contributed by atoms with van der Waals surface area (Å²) in [7, 11) is 0. The van der Waals surface area contributed by atoms with Crippen LogP contribution >= 0.6 is 0 Å². The average molecular weight is 1270 g/mol. The molecule has 1 aliphatic rings. The molecule has 0 aromatic heterocycles. The van der Waals surface area contributed by atoms with Crippen molar-refractivity contribution in [3.05, 3.63) is 60.8 Å². The van der Waals surface area contributed by atoms with E-state index in [-0.39, 0.29) is 12.5 Å². The highest BCUT2D eigenvalue weighted by molar-refractivity contribution is 5.76. The first-order valence-corrected chi connectivity index (χ1v) is 39.5. The molecule has 0 aliphatic carbocycles. The Morgan fingerprint density at radius 3 is 1.02 bits per heavy atom. The second-order valence-electron chi connectivity index (χ2n) is 27.5. The molecule has 0 radical (unpaired) electrons. The molecule has 9 heteroatoms. The Labute approximate surface area is 557 Å². The molecule has 0 aromatic carbocycles. The van der Waals surface area contributed by atoms with Gasteiger partial charge in [0, 0.05) is 6.42 Å². The number of rotatable bonds is 70. The second kappa shape index (κ2) is 69.7. The third kappa shape index (κ3) is 57.3. The Balaban J connectivity index is 2.04. The van der Waals surface area contributed by atoms with Crippen LogP contribution in [0.1, 0.15) is 393 Å². The van der Waals surface area contributed by atoms with E-state index < -0.39 is 49.5 Å². The van der Waals surface area contributed by atoms with Crippen molar-refractivity contribution in [1.82, 2.24) is 5.32 Å². The Bertz CT molecular complexity index is 1610. The molecule has 0 spiro atoms. The molecule has 7 atom stereocenters. The fourth-order valence-corrected chi connectivity index (χ4v) is 12.8. The van der Waals surface area contributed by atoms with Gasteiger partial charge in [-0.2, -0.15) is 0 Å². The fourth-order valence-electron chi connectivity index (χ4n) is 12.8. The molecule has 1 amide bonds. The lowest BCUT2D eigenvalue weighted by molar-refractivity contribution is -0.302. The maximum atomic E-state index is 13.2. The molecule has 9 nitrogen and oxygen atoms in total. The van der Waals surface area contributed by atoms with Crippen LogP contribution < -0.4 is 5.32 Å². The van der Waals surface area contributed by atoms with Crippen LogP contribution in [0.15, 0.2) is 60.8 Å². The van der Waals surface area contributed by atoms with E-state index in [0.717, 1.165) is 70.6 Å². The summed E-state index contributed by atoms with van der Waals surface area (Å²) in [5.74, 6) is -0.136. The number of hydrogen-bond donors (Lipinski definition) is 6. The van der Waals surface area contributed by atoms with Gasteiger partial charge < -0.3 is 40.3 Å². The second-order valence-corrected chi connectivity index (χ2v) is 27.5. The number of nitrogens with one attached hydrogen (secondary N) is 1. The number of aliphatic hydroxyl groups is 5. The van der Waals surface area contributed by atoms with Crippen molar-refractivity contribution in [2.24, 2.45) is 0 Å². The van der Waals surface area contributed by atoms with Gasteiger partial charge in [0.25, 0.3) is 0 Å². The predicted molar refractivity (Wildman–Crippen MR) is 387 cm³/mol. The van der Waals surface area contributed by atoms with Gasteiger partial charge in [0.2, 0.25) is 5.91 Å². The number of amides is 1. The monoisotopic (exact) mass is 1270 g/mol. The van der Waals surface area contributed by atoms with Crippen molar-refractivity contribution in [2.45, 2.75) is 436 Å². The smallest absolute Gasteiger partial charge is 0.220 e. The van der Waals surface area contributed by atoms with Crippen molar-refractivity contribution in [3.8, 4) is 0 Å². The van der Waals surface area contributed by atoms with Crippen LogP contribution in [0.3, 0.4) is 0 Å². The highest BCUT2D eigenvalue weighted by atomic mass is 16.7. The first-order valence-electron chi connectivity index (χ1n) is 39.5. The van der Waals surface area contributed by atoms with Gasteiger partial charge >= 0.3 is 0 Å². The van der Waals surface area contributed by atoms with Gasteiger partial charge in [0.05, 0.1) is 25.4 Å². The third-order valence-electron chi connectivity index (χ3n) is 18.9. The van der Waals surface area contributed by atoms with Crippen LogP contribution in [0.25, 0.3) is 0 Å². The zero-order valence-corrected chi connectivity index (χ0v) is 59.4. The number of carbonyl (C=O) groups excluding carboxylic acids is 1. The fraction of sp³-hybridized carbons (Fsp3) is 0.864. The number of allylic oxidation sites excluding steroid dienone is 10. The summed E-state index contributed by atoms with van der Waals surface area (Å²) < 4.78 is 11.4. The third-order valence-corrected chi connectivity index (χ3v) is 18.9. The van der Waals surface area contributed by atoms with E-state index in [1.54, 1.807) is 0 Å². The number of carbonyl (C=O) groups is 1. The van der Waals surface area contributed by atoms with E-state index in [1.807, 2.05) is 0 Å². The molecule has 7 unspecified atom stereocenters. The number of hydrogen-bond acceptors (Lipinski definition) is 8. The minimum absolute atomic E-state index is 0.134. The summed E-state index contributed by atoms with van der Waals surface area (Å²) in [6.45, 7) is 3.78. The zero-order valence-electron chi connectivity index (χ0n) is 59.4. The van der Waals surface area contributed by atoms with Crippen LogP contribution in [0, 0.1) is 0 Å². The maximum Gasteiger partial charge on any atom is 0.220 e. The van der Waals surface area contributed by atoms with Gasteiger partial charge in [-0.3, -0.25) is 4.79 Å². The van der Waals surface area contributed by atoms with Crippen molar-refractivity contribution in [3.63, 3.8) is 0 Å². The molecule has 1 fully saturated rings. The average Bonchev–Trinajstić information content (AvgIpc) is 2.75. The maximum absolute atomic E-state index is 13.2. The lowest BCUT2D eigenvalue weighted by Crippen LogP contribution is -2.60. The van der Waals surface area contributed by atoms with Gasteiger partial charge in [-0.05, 0) is 57.8 Å². The number of ether oxygens (including phenoxy) is 2. The standard InChI is InChI=1S/C81H151NO8/c1-3-5-7-9-11-13-15-17-19-21-23-25-27-29-31-33-34-35-36-37-38-39-40-41-42-43-45-47-49-51-53-55-57-59-61-63-65-67-69-71-77(85)82-74(73-89-81-80(88)79(87)78(86)76(72-83)90-81)75(84)70-68-66-64-62-60-58-56-54-52-50-48-46-44-32-30-28-26-24-22-20-18-16-14-12-10-8-6-4-2/h5,7,11,13,17,19,23,25,29,31,74-76,78-81,83-84,86-88H,3-4,6,8-10,12,14-16,18,20-22,24,26-28,30,32-73H2,1-2H3,(H,82,85)/b7-5-,13-11-,19-17-,25-23-,31-29-. The summed E-state index contributed by atoms with van der Waals surface area (Å²) in [5.41, 5.74) is 0. The van der Waals surface area contributed by atoms with Crippen molar-refractivity contribution in [1.29, 1.82) is 0 Å². The molecule has 6 N–H and O–H groups in total. The molecule has 0 saturated carbocycles. The van der Waals surface area contributed by atoms with Crippen LogP contribution in [0.2, 0.25) is 0 Å². The summed E-state index contributed by atoms with van der Waals surface area (Å²) in [4.78, 5) is 13.2. The largest absolute Gasteiger partial charge is 0.394 e. The molecule has 1 aliphatic heterocycles. The van der Waals surface area contributed by atoms with Crippen molar-refractivity contribution < 1.29 is 39.8 Å². The topological polar surface area (TPSA) is 149 Å². The van der Waals surface area contributed by atoms with E-state index in [9.17, 15) is 30.3 Å². The molecule has 0 aromatic rings. The lowest BCUT2D eigenvalue weighted by atomic mass is 9.99. The number of unbranched alkanes of at least 4 members (excludes halogenated alkanes) is 50. The Morgan fingerprint density at radius 1 is 0.389 bits per heavy atom. The highest BCUT2D eigenvalue weighted by Crippen LogP contribution is 2.24.